The highest BCUT2D eigenvalue weighted by Gasteiger charge is 2.18. The van der Waals surface area contributed by atoms with Crippen molar-refractivity contribution < 1.29 is 14.6 Å². The number of aromatic carboxylic acids is 1. The van der Waals surface area contributed by atoms with Crippen LogP contribution in [0.4, 0.5) is 5.82 Å². The molecule has 1 aromatic heterocycles. The second-order valence-electron chi connectivity index (χ2n) is 4.22. The van der Waals surface area contributed by atoms with Gasteiger partial charge in [-0.25, -0.2) is 9.78 Å². The van der Waals surface area contributed by atoms with Gasteiger partial charge in [-0.15, -0.1) is 0 Å². The van der Waals surface area contributed by atoms with Gasteiger partial charge in [0.25, 0.3) is 0 Å². The van der Waals surface area contributed by atoms with Crippen molar-refractivity contribution in [2.75, 3.05) is 25.2 Å². The third-order valence-corrected chi connectivity index (χ3v) is 3.05. The first kappa shape index (κ1) is 15.4. The Bertz CT molecular complexity index is 408. The Morgan fingerprint density at radius 3 is 2.63 bits per heavy atom. The summed E-state index contributed by atoms with van der Waals surface area (Å²) in [5.74, 6) is -0.476. The molecule has 0 amide bonds. The Hall–Kier alpha value is -1.69. The molecule has 0 saturated heterocycles. The van der Waals surface area contributed by atoms with Gasteiger partial charge in [-0.1, -0.05) is 13.8 Å². The lowest BCUT2D eigenvalue weighted by molar-refractivity contribution is 0.0690. The number of ether oxygens (including phenoxy) is 1. The second-order valence-corrected chi connectivity index (χ2v) is 4.22. The highest BCUT2D eigenvalue weighted by molar-refractivity contribution is 5.85. The van der Waals surface area contributed by atoms with E-state index in [1.807, 2.05) is 0 Å². The van der Waals surface area contributed by atoms with E-state index in [0.29, 0.717) is 25.0 Å². The molecule has 106 valence electrons. The average Bonchev–Trinajstić information content (AvgIpc) is 2.43. The predicted octanol–water partition coefficient (Wildman–Crippen LogP) is 1.82. The molecule has 1 heterocycles. The molecule has 1 N–H and O–H groups in total. The smallest absolute Gasteiger partial charge is 0.356 e. The molecule has 1 aromatic rings. The number of rotatable bonds is 8. The minimum atomic E-state index is -1.06. The van der Waals surface area contributed by atoms with Gasteiger partial charge in [-0.2, -0.15) is 0 Å². The first-order chi connectivity index (χ1) is 9.13. The predicted molar refractivity (Wildman–Crippen MR) is 72.6 cm³/mol. The Balaban J connectivity index is 3.01. The summed E-state index contributed by atoms with van der Waals surface area (Å²) in [5.41, 5.74) is -0.0362. The molecule has 6 heteroatoms. The van der Waals surface area contributed by atoms with E-state index in [2.05, 4.69) is 28.7 Å². The van der Waals surface area contributed by atoms with Crippen LogP contribution in [0, 0.1) is 0 Å². The summed E-state index contributed by atoms with van der Waals surface area (Å²) in [6, 6.07) is 0.300. The first-order valence-electron chi connectivity index (χ1n) is 6.44. The van der Waals surface area contributed by atoms with Crippen molar-refractivity contribution in [1.82, 2.24) is 9.97 Å². The molecule has 0 radical (unpaired) electrons. The molecular formula is C13H21N3O3. The Kier molecular flexibility index (Phi) is 6.21. The SMILES string of the molecule is CCC(CC)N(CCOC)c1cncc(C(=O)O)n1. The van der Waals surface area contributed by atoms with Crippen LogP contribution in [0.15, 0.2) is 12.4 Å². The molecule has 0 saturated carbocycles. The van der Waals surface area contributed by atoms with Crippen molar-refractivity contribution in [3.8, 4) is 0 Å². The van der Waals surface area contributed by atoms with E-state index in [-0.39, 0.29) is 5.69 Å². The topological polar surface area (TPSA) is 75.5 Å². The molecule has 0 atom stereocenters. The van der Waals surface area contributed by atoms with Gasteiger partial charge in [-0.05, 0) is 12.8 Å². The van der Waals surface area contributed by atoms with Crippen molar-refractivity contribution in [3.63, 3.8) is 0 Å². The number of carboxylic acids is 1. The number of carbonyl (C=O) groups is 1. The van der Waals surface area contributed by atoms with E-state index in [1.54, 1.807) is 13.3 Å². The largest absolute Gasteiger partial charge is 0.476 e. The maximum absolute atomic E-state index is 11.0. The van der Waals surface area contributed by atoms with E-state index in [1.165, 1.54) is 6.20 Å². The van der Waals surface area contributed by atoms with Gasteiger partial charge in [0.2, 0.25) is 0 Å². The lowest BCUT2D eigenvalue weighted by Crippen LogP contribution is -2.38. The lowest BCUT2D eigenvalue weighted by Gasteiger charge is -2.31. The summed E-state index contributed by atoms with van der Waals surface area (Å²) >= 11 is 0. The van der Waals surface area contributed by atoms with Gasteiger partial charge in [0.1, 0.15) is 5.82 Å². The van der Waals surface area contributed by atoms with Crippen molar-refractivity contribution in [2.45, 2.75) is 32.7 Å². The van der Waals surface area contributed by atoms with Crippen molar-refractivity contribution in [1.29, 1.82) is 0 Å². The average molecular weight is 267 g/mol. The van der Waals surface area contributed by atoms with Gasteiger partial charge in [0.15, 0.2) is 5.69 Å². The van der Waals surface area contributed by atoms with Crippen LogP contribution in [-0.2, 0) is 4.74 Å². The number of carboxylic acid groups (broad SMARTS) is 1. The van der Waals surface area contributed by atoms with E-state index in [4.69, 9.17) is 9.84 Å². The van der Waals surface area contributed by atoms with Gasteiger partial charge >= 0.3 is 5.97 Å². The zero-order valence-corrected chi connectivity index (χ0v) is 11.7. The van der Waals surface area contributed by atoms with Crippen LogP contribution in [0.3, 0.4) is 0 Å². The fourth-order valence-electron chi connectivity index (χ4n) is 2.00. The maximum atomic E-state index is 11.0. The molecule has 0 aliphatic carbocycles. The maximum Gasteiger partial charge on any atom is 0.356 e. The van der Waals surface area contributed by atoms with Crippen LogP contribution >= 0.6 is 0 Å². The van der Waals surface area contributed by atoms with Crippen LogP contribution < -0.4 is 4.90 Å². The number of anilines is 1. The molecule has 0 aliphatic rings. The summed E-state index contributed by atoms with van der Waals surface area (Å²) < 4.78 is 5.10. The summed E-state index contributed by atoms with van der Waals surface area (Å²) in [5, 5.41) is 8.97. The summed E-state index contributed by atoms with van der Waals surface area (Å²) in [7, 11) is 1.64. The van der Waals surface area contributed by atoms with Crippen LogP contribution in [0.1, 0.15) is 37.2 Å². The van der Waals surface area contributed by atoms with Crippen LogP contribution in [-0.4, -0.2) is 47.3 Å². The molecule has 6 nitrogen and oxygen atoms in total. The molecule has 19 heavy (non-hydrogen) atoms. The van der Waals surface area contributed by atoms with E-state index < -0.39 is 5.97 Å². The van der Waals surface area contributed by atoms with E-state index >= 15 is 0 Å². The van der Waals surface area contributed by atoms with Gasteiger partial charge < -0.3 is 14.7 Å². The number of nitrogens with zero attached hydrogens (tertiary/aromatic N) is 3. The Labute approximate surface area is 113 Å². The van der Waals surface area contributed by atoms with Crippen LogP contribution in [0.5, 0.6) is 0 Å². The summed E-state index contributed by atoms with van der Waals surface area (Å²) in [6.45, 7) is 5.43. The highest BCUT2D eigenvalue weighted by atomic mass is 16.5. The third kappa shape index (κ3) is 4.17. The molecule has 0 fully saturated rings. The lowest BCUT2D eigenvalue weighted by atomic mass is 10.1. The van der Waals surface area contributed by atoms with Gasteiger partial charge in [0, 0.05) is 19.7 Å². The minimum absolute atomic E-state index is 0.0362. The third-order valence-electron chi connectivity index (χ3n) is 3.05. The number of methoxy groups -OCH3 is 1. The van der Waals surface area contributed by atoms with Crippen LogP contribution in [0.2, 0.25) is 0 Å². The zero-order valence-electron chi connectivity index (χ0n) is 11.7. The van der Waals surface area contributed by atoms with Gasteiger partial charge in [0.05, 0.1) is 19.0 Å². The van der Waals surface area contributed by atoms with Crippen molar-refractivity contribution in [3.05, 3.63) is 18.1 Å². The van der Waals surface area contributed by atoms with Gasteiger partial charge in [-0.3, -0.25) is 4.98 Å². The molecular weight excluding hydrogens is 246 g/mol. The number of hydrogen-bond donors (Lipinski definition) is 1. The Morgan fingerprint density at radius 1 is 1.42 bits per heavy atom. The normalized spacial score (nSPS) is 10.7. The molecule has 1 rings (SSSR count). The van der Waals surface area contributed by atoms with Crippen molar-refractivity contribution in [2.24, 2.45) is 0 Å². The van der Waals surface area contributed by atoms with E-state index in [0.717, 1.165) is 12.8 Å². The molecule has 0 aliphatic heterocycles. The molecule has 0 bridgehead atoms. The fraction of sp³-hybridized carbons (Fsp3) is 0.615. The quantitative estimate of drug-likeness (QED) is 0.774. The number of aromatic nitrogens is 2. The molecule has 0 spiro atoms. The van der Waals surface area contributed by atoms with Crippen LogP contribution in [0.25, 0.3) is 0 Å². The first-order valence-corrected chi connectivity index (χ1v) is 6.44. The Morgan fingerprint density at radius 2 is 2.11 bits per heavy atom. The number of hydrogen-bond acceptors (Lipinski definition) is 5. The summed E-state index contributed by atoms with van der Waals surface area (Å²) in [6.07, 6.45) is 4.77. The minimum Gasteiger partial charge on any atom is -0.476 e. The zero-order chi connectivity index (χ0) is 14.3. The summed E-state index contributed by atoms with van der Waals surface area (Å²) in [4.78, 5) is 21.1. The molecule has 0 unspecified atom stereocenters. The standard InChI is InChI=1S/C13H21N3O3/c1-4-10(5-2)16(6-7-19-3)12-9-14-8-11(15-12)13(17)18/h8-10H,4-7H2,1-3H3,(H,17,18). The second kappa shape index (κ2) is 7.68. The van der Waals surface area contributed by atoms with E-state index in [9.17, 15) is 4.79 Å². The monoisotopic (exact) mass is 267 g/mol. The highest BCUT2D eigenvalue weighted by Crippen LogP contribution is 2.17. The van der Waals surface area contributed by atoms with Crippen molar-refractivity contribution >= 4 is 11.8 Å². The fourth-order valence-corrected chi connectivity index (χ4v) is 2.00. The molecule has 0 aromatic carbocycles.